The quantitative estimate of drug-likeness (QED) is 0.388. The number of aromatic amines is 1. The Balaban J connectivity index is 1.35. The number of carbonyl (C=O) groups is 1. The normalized spacial score (nSPS) is 17.0. The maximum Gasteiger partial charge on any atom is 0.324 e. The van der Waals surface area contributed by atoms with E-state index in [-0.39, 0.29) is 6.03 Å². The minimum atomic E-state index is 0.142. The van der Waals surface area contributed by atoms with Gasteiger partial charge in [0.2, 0.25) is 5.82 Å². The van der Waals surface area contributed by atoms with E-state index in [1.54, 1.807) is 0 Å². The van der Waals surface area contributed by atoms with Gasteiger partial charge in [-0.25, -0.2) is 4.79 Å². The number of H-pyrrole nitrogens is 1. The van der Waals surface area contributed by atoms with E-state index < -0.39 is 0 Å². The summed E-state index contributed by atoms with van der Waals surface area (Å²) in [7, 11) is 0. The smallest absolute Gasteiger partial charge is 0.320 e. The van der Waals surface area contributed by atoms with Crippen LogP contribution in [0.2, 0.25) is 0 Å². The number of urea groups is 1. The lowest BCUT2D eigenvalue weighted by molar-refractivity contribution is 0.146. The van der Waals surface area contributed by atoms with E-state index in [1.165, 1.54) is 12.1 Å². The van der Waals surface area contributed by atoms with Gasteiger partial charge < -0.3 is 4.90 Å². The zero-order valence-corrected chi connectivity index (χ0v) is 20.9. The van der Waals surface area contributed by atoms with E-state index in [4.69, 9.17) is 0 Å². The van der Waals surface area contributed by atoms with Gasteiger partial charge in [-0.15, -0.1) is 10.2 Å². The molecule has 2 aliphatic rings. The number of tetrazole rings is 1. The van der Waals surface area contributed by atoms with E-state index >= 15 is 0 Å². The molecule has 3 aromatic rings. The summed E-state index contributed by atoms with van der Waals surface area (Å²) < 4.78 is 0. The van der Waals surface area contributed by atoms with Crippen LogP contribution in [0.5, 0.6) is 0 Å². The second kappa shape index (κ2) is 11.3. The topological polar surface area (TPSA) is 78.0 Å². The summed E-state index contributed by atoms with van der Waals surface area (Å²) in [5.74, 6) is 1.05. The van der Waals surface area contributed by atoms with E-state index in [0.717, 1.165) is 67.4 Å². The molecule has 1 N–H and O–H groups in total. The van der Waals surface area contributed by atoms with Crippen molar-refractivity contribution in [2.45, 2.75) is 52.0 Å². The highest BCUT2D eigenvalue weighted by atomic mass is 16.2. The summed E-state index contributed by atoms with van der Waals surface area (Å²) in [5, 5.41) is 14.5. The number of amides is 2. The van der Waals surface area contributed by atoms with Crippen molar-refractivity contribution in [1.82, 2.24) is 30.4 Å². The van der Waals surface area contributed by atoms with Gasteiger partial charge in [-0.05, 0) is 53.7 Å². The van der Waals surface area contributed by atoms with Crippen LogP contribution in [-0.2, 0) is 6.54 Å². The lowest BCUT2D eigenvalue weighted by Crippen LogP contribution is -2.46. The molecule has 0 radical (unpaired) electrons. The molecule has 5 rings (SSSR count). The second-order valence-corrected chi connectivity index (χ2v) is 9.64. The molecule has 36 heavy (non-hydrogen) atoms. The van der Waals surface area contributed by atoms with Gasteiger partial charge in [-0.2, -0.15) is 5.21 Å². The molecule has 7 nitrogen and oxygen atoms in total. The van der Waals surface area contributed by atoms with Crippen LogP contribution >= 0.6 is 0 Å². The minimum Gasteiger partial charge on any atom is -0.320 e. The number of unbranched alkanes of at least 4 members (excludes halogenated alkanes) is 2. The van der Waals surface area contributed by atoms with E-state index in [2.05, 4.69) is 76.1 Å². The fourth-order valence-electron chi connectivity index (χ4n) is 5.25. The first-order chi connectivity index (χ1) is 17.7. The van der Waals surface area contributed by atoms with Gasteiger partial charge in [0.25, 0.3) is 0 Å². The predicted octanol–water partition coefficient (Wildman–Crippen LogP) is 6.20. The molecule has 0 bridgehead atoms. The summed E-state index contributed by atoms with van der Waals surface area (Å²) in [4.78, 5) is 17.9. The van der Waals surface area contributed by atoms with Crippen molar-refractivity contribution in [2.24, 2.45) is 5.92 Å². The maximum atomic E-state index is 13.8. The highest BCUT2D eigenvalue weighted by Gasteiger charge is 2.31. The molecule has 1 atom stereocenters. The van der Waals surface area contributed by atoms with Gasteiger partial charge in [0.05, 0.1) is 0 Å². The van der Waals surface area contributed by atoms with Crippen molar-refractivity contribution in [3.05, 3.63) is 78.0 Å². The highest BCUT2D eigenvalue weighted by Crippen LogP contribution is 2.34. The third-order valence-corrected chi connectivity index (χ3v) is 7.17. The average molecular weight is 483 g/mol. The van der Waals surface area contributed by atoms with E-state index in [0.29, 0.717) is 18.3 Å². The molecule has 1 aromatic heterocycles. The van der Waals surface area contributed by atoms with E-state index in [9.17, 15) is 4.79 Å². The molecule has 2 aromatic carbocycles. The largest absolute Gasteiger partial charge is 0.324 e. The predicted molar refractivity (Wildman–Crippen MR) is 142 cm³/mol. The van der Waals surface area contributed by atoms with Crippen LogP contribution in [0, 0.1) is 5.92 Å². The van der Waals surface area contributed by atoms with Crippen molar-refractivity contribution >= 4 is 6.03 Å². The fraction of sp³-hybridized carbons (Fsp3) is 0.379. The molecule has 2 heterocycles. The second-order valence-electron chi connectivity index (χ2n) is 9.64. The zero-order valence-electron chi connectivity index (χ0n) is 20.9. The van der Waals surface area contributed by atoms with Crippen molar-refractivity contribution < 1.29 is 4.79 Å². The Bertz CT molecular complexity index is 1210. The molecule has 1 aliphatic heterocycles. The number of nitrogens with zero attached hydrogens (tertiary/aromatic N) is 5. The lowest BCUT2D eigenvalue weighted by Gasteiger charge is -2.39. The number of hydrogen-bond donors (Lipinski definition) is 1. The van der Waals surface area contributed by atoms with Gasteiger partial charge in [0.15, 0.2) is 0 Å². The molecule has 1 saturated heterocycles. The Morgan fingerprint density at radius 1 is 1.11 bits per heavy atom. The molecule has 1 fully saturated rings. The Kier molecular flexibility index (Phi) is 7.55. The number of piperidine rings is 1. The van der Waals surface area contributed by atoms with Crippen LogP contribution in [0.4, 0.5) is 4.79 Å². The SMILES string of the molecule is CCCCCN(Cc1ccc(-c2ccccc2-c2nn[nH]n2)cc1)C(=O)N1CCCC2CC=CC=C21. The third kappa shape index (κ3) is 5.25. The first kappa shape index (κ1) is 24.0. The number of fused-ring (bicyclic) bond motifs is 1. The Morgan fingerprint density at radius 2 is 1.94 bits per heavy atom. The van der Waals surface area contributed by atoms with Crippen LogP contribution in [0.3, 0.4) is 0 Å². The summed E-state index contributed by atoms with van der Waals surface area (Å²) in [5.41, 5.74) is 5.40. The molecule has 1 aliphatic carbocycles. The van der Waals surface area contributed by atoms with Crippen LogP contribution in [0.25, 0.3) is 22.5 Å². The molecule has 2 amide bonds. The van der Waals surface area contributed by atoms with Crippen molar-refractivity contribution in [1.29, 1.82) is 0 Å². The minimum absolute atomic E-state index is 0.142. The molecule has 1 unspecified atom stereocenters. The van der Waals surface area contributed by atoms with Gasteiger partial charge in [-0.1, -0.05) is 80.4 Å². The number of hydrogen-bond acceptors (Lipinski definition) is 4. The van der Waals surface area contributed by atoms with Gasteiger partial charge in [0.1, 0.15) is 0 Å². The fourth-order valence-corrected chi connectivity index (χ4v) is 5.25. The van der Waals surface area contributed by atoms with E-state index in [1.807, 2.05) is 28.0 Å². The molecular formula is C29H34N6O. The molecule has 0 saturated carbocycles. The van der Waals surface area contributed by atoms with Gasteiger partial charge in [0, 0.05) is 36.8 Å². The maximum absolute atomic E-state index is 13.8. The number of allylic oxidation sites excluding steroid dienone is 4. The van der Waals surface area contributed by atoms with Crippen molar-refractivity contribution in [2.75, 3.05) is 13.1 Å². The number of likely N-dealkylation sites (tertiary alicyclic amines) is 1. The van der Waals surface area contributed by atoms with Gasteiger partial charge >= 0.3 is 6.03 Å². The number of aromatic nitrogens is 4. The third-order valence-electron chi connectivity index (χ3n) is 7.17. The summed E-state index contributed by atoms with van der Waals surface area (Å²) in [6.07, 6.45) is 13.0. The molecule has 7 heteroatoms. The summed E-state index contributed by atoms with van der Waals surface area (Å²) in [6, 6.07) is 16.7. The van der Waals surface area contributed by atoms with Crippen LogP contribution < -0.4 is 0 Å². The molecular weight excluding hydrogens is 448 g/mol. The van der Waals surface area contributed by atoms with Gasteiger partial charge in [-0.3, -0.25) is 4.90 Å². The van der Waals surface area contributed by atoms with Crippen molar-refractivity contribution in [3.63, 3.8) is 0 Å². The zero-order chi connectivity index (χ0) is 24.7. The first-order valence-electron chi connectivity index (χ1n) is 13.1. The Morgan fingerprint density at radius 3 is 2.72 bits per heavy atom. The summed E-state index contributed by atoms with van der Waals surface area (Å²) in [6.45, 7) is 4.40. The number of benzene rings is 2. The monoisotopic (exact) mass is 482 g/mol. The highest BCUT2D eigenvalue weighted by molar-refractivity contribution is 5.80. The van der Waals surface area contributed by atoms with Crippen molar-refractivity contribution in [3.8, 4) is 22.5 Å². The summed E-state index contributed by atoms with van der Waals surface area (Å²) >= 11 is 0. The average Bonchev–Trinajstić information content (AvgIpc) is 3.47. The number of rotatable bonds is 8. The Labute approximate surface area is 212 Å². The number of carbonyl (C=O) groups excluding carboxylic acids is 1. The standard InChI is InChI=1S/C29H34N6O/c1-2-3-8-19-34(29(36)35-20-9-11-24-10-4-7-14-27(24)35)21-22-15-17-23(18-16-22)25-12-5-6-13-26(25)28-30-32-33-31-28/h4-7,12-18,24H,2-3,8-11,19-21H2,1H3,(H,30,31,32,33). The van der Waals surface area contributed by atoms with Crippen LogP contribution in [0.1, 0.15) is 51.0 Å². The Hall–Kier alpha value is -3.74. The first-order valence-corrected chi connectivity index (χ1v) is 13.1. The lowest BCUT2D eigenvalue weighted by atomic mass is 9.88. The van der Waals surface area contributed by atoms with Crippen LogP contribution in [-0.4, -0.2) is 49.5 Å². The molecule has 186 valence electrons. The van der Waals surface area contributed by atoms with Crippen LogP contribution in [0.15, 0.2) is 72.5 Å². The molecule has 0 spiro atoms. The number of nitrogens with one attached hydrogen (secondary N) is 1.